The largest absolute Gasteiger partial charge is 0.341 e. The van der Waals surface area contributed by atoms with Gasteiger partial charge in [-0.15, -0.1) is 0 Å². The molecule has 0 saturated carbocycles. The molecule has 4 heterocycles. The standard InChI is InChI=1S/C20H24F2N6O/c1-12-4-6-27(7-5-12)17(29)11-28-20-18(13(2)25-28)15(19(21)22)8-16(24-20)14-9-23-26(3)10-14/h8-10,12,19H,4-7,11H2,1-3H3. The molecule has 1 saturated heterocycles. The Kier molecular flexibility index (Phi) is 5.06. The van der Waals surface area contributed by atoms with Crippen molar-refractivity contribution in [1.29, 1.82) is 0 Å². The zero-order valence-electron chi connectivity index (χ0n) is 16.8. The maximum absolute atomic E-state index is 13.8. The average molecular weight is 402 g/mol. The van der Waals surface area contributed by atoms with Gasteiger partial charge in [0.05, 0.1) is 23.0 Å². The first-order valence-corrected chi connectivity index (χ1v) is 9.76. The summed E-state index contributed by atoms with van der Waals surface area (Å²) in [6.45, 7) is 5.28. The van der Waals surface area contributed by atoms with Crippen LogP contribution in [-0.4, -0.2) is 48.4 Å². The summed E-state index contributed by atoms with van der Waals surface area (Å²) in [6, 6.07) is 1.39. The number of alkyl halides is 2. The Morgan fingerprint density at radius 1 is 1.31 bits per heavy atom. The number of halogens is 2. The molecule has 1 aliphatic rings. The van der Waals surface area contributed by atoms with Crippen LogP contribution in [0.4, 0.5) is 8.78 Å². The van der Waals surface area contributed by atoms with Crippen LogP contribution >= 0.6 is 0 Å². The number of hydrogen-bond donors (Lipinski definition) is 0. The van der Waals surface area contributed by atoms with Crippen LogP contribution in [-0.2, 0) is 18.4 Å². The van der Waals surface area contributed by atoms with Crippen LogP contribution in [0.15, 0.2) is 18.5 Å². The van der Waals surface area contributed by atoms with Gasteiger partial charge in [-0.05, 0) is 31.7 Å². The van der Waals surface area contributed by atoms with Crippen LogP contribution in [0.2, 0.25) is 0 Å². The summed E-state index contributed by atoms with van der Waals surface area (Å²) in [4.78, 5) is 19.2. The first-order valence-electron chi connectivity index (χ1n) is 9.76. The third kappa shape index (κ3) is 3.73. The van der Waals surface area contributed by atoms with Crippen LogP contribution in [0.1, 0.15) is 37.4 Å². The Bertz CT molecular complexity index is 1050. The van der Waals surface area contributed by atoms with Crippen molar-refractivity contribution in [2.75, 3.05) is 13.1 Å². The molecule has 0 aromatic carbocycles. The van der Waals surface area contributed by atoms with Crippen molar-refractivity contribution < 1.29 is 13.6 Å². The summed E-state index contributed by atoms with van der Waals surface area (Å²) < 4.78 is 30.7. The van der Waals surface area contributed by atoms with E-state index in [0.717, 1.165) is 25.9 Å². The van der Waals surface area contributed by atoms with Crippen molar-refractivity contribution in [2.24, 2.45) is 13.0 Å². The number of pyridine rings is 1. The normalized spacial score (nSPS) is 15.6. The number of hydrogen-bond acceptors (Lipinski definition) is 4. The van der Waals surface area contributed by atoms with E-state index in [4.69, 9.17) is 0 Å². The Labute approximate surface area is 167 Å². The van der Waals surface area contributed by atoms with E-state index in [1.54, 1.807) is 31.0 Å². The fraction of sp³-hybridized carbons (Fsp3) is 0.500. The van der Waals surface area contributed by atoms with Crippen LogP contribution in [0, 0.1) is 12.8 Å². The molecule has 0 unspecified atom stereocenters. The summed E-state index contributed by atoms with van der Waals surface area (Å²) in [7, 11) is 1.75. The Morgan fingerprint density at radius 3 is 2.66 bits per heavy atom. The van der Waals surface area contributed by atoms with Gasteiger partial charge in [-0.25, -0.2) is 18.4 Å². The molecular formula is C20H24F2N6O. The van der Waals surface area contributed by atoms with Crippen LogP contribution in [0.25, 0.3) is 22.3 Å². The van der Waals surface area contributed by atoms with E-state index >= 15 is 0 Å². The number of carbonyl (C=O) groups is 1. The minimum absolute atomic E-state index is 0.00904. The van der Waals surface area contributed by atoms with E-state index < -0.39 is 6.43 Å². The molecule has 3 aromatic rings. The molecule has 0 spiro atoms. The maximum atomic E-state index is 13.8. The first-order chi connectivity index (χ1) is 13.8. The van der Waals surface area contributed by atoms with Gasteiger partial charge in [-0.3, -0.25) is 9.48 Å². The van der Waals surface area contributed by atoms with Gasteiger partial charge in [0, 0.05) is 37.5 Å². The number of carbonyl (C=O) groups excluding carboxylic acids is 1. The Balaban J connectivity index is 1.74. The molecule has 9 heteroatoms. The van der Waals surface area contributed by atoms with Crippen molar-refractivity contribution in [3.63, 3.8) is 0 Å². The van der Waals surface area contributed by atoms with Crippen LogP contribution in [0.3, 0.4) is 0 Å². The number of piperidine rings is 1. The molecule has 0 atom stereocenters. The second-order valence-electron chi connectivity index (χ2n) is 7.81. The SMILES string of the molecule is Cc1nn(CC(=O)N2CCC(C)CC2)c2nc(-c3cnn(C)c3)cc(C(F)F)c12. The summed E-state index contributed by atoms with van der Waals surface area (Å²) >= 11 is 0. The van der Waals surface area contributed by atoms with Crippen molar-refractivity contribution in [1.82, 2.24) is 29.4 Å². The van der Waals surface area contributed by atoms with Gasteiger partial charge in [0.1, 0.15) is 6.54 Å². The van der Waals surface area contributed by atoms with Crippen molar-refractivity contribution in [3.05, 3.63) is 29.7 Å². The lowest BCUT2D eigenvalue weighted by Gasteiger charge is -2.30. The Hall–Kier alpha value is -2.84. The predicted molar refractivity (Wildman–Crippen MR) is 104 cm³/mol. The second-order valence-corrected chi connectivity index (χ2v) is 7.81. The molecule has 7 nitrogen and oxygen atoms in total. The van der Waals surface area contributed by atoms with Gasteiger partial charge in [0.15, 0.2) is 5.65 Å². The maximum Gasteiger partial charge on any atom is 0.264 e. The highest BCUT2D eigenvalue weighted by molar-refractivity contribution is 5.87. The number of rotatable bonds is 4. The minimum Gasteiger partial charge on any atom is -0.341 e. The Morgan fingerprint density at radius 2 is 2.03 bits per heavy atom. The summed E-state index contributed by atoms with van der Waals surface area (Å²) in [5.41, 5.74) is 1.65. The van der Waals surface area contributed by atoms with Gasteiger partial charge in [0.25, 0.3) is 6.43 Å². The van der Waals surface area contributed by atoms with Gasteiger partial charge in [-0.1, -0.05) is 6.92 Å². The van der Waals surface area contributed by atoms with E-state index in [1.807, 2.05) is 4.90 Å². The zero-order valence-corrected chi connectivity index (χ0v) is 16.8. The third-order valence-corrected chi connectivity index (χ3v) is 5.56. The van der Waals surface area contributed by atoms with E-state index in [0.29, 0.717) is 33.9 Å². The van der Waals surface area contributed by atoms with E-state index in [9.17, 15) is 13.6 Å². The van der Waals surface area contributed by atoms with Crippen molar-refractivity contribution in [2.45, 2.75) is 39.7 Å². The molecule has 0 bridgehead atoms. The number of aromatic nitrogens is 5. The molecule has 29 heavy (non-hydrogen) atoms. The lowest BCUT2D eigenvalue weighted by atomic mass is 9.99. The van der Waals surface area contributed by atoms with Crippen LogP contribution in [0.5, 0.6) is 0 Å². The van der Waals surface area contributed by atoms with E-state index in [-0.39, 0.29) is 18.0 Å². The fourth-order valence-electron chi connectivity index (χ4n) is 3.86. The number of nitrogens with zero attached hydrogens (tertiary/aromatic N) is 6. The highest BCUT2D eigenvalue weighted by Gasteiger charge is 2.25. The second kappa shape index (κ2) is 7.53. The lowest BCUT2D eigenvalue weighted by molar-refractivity contribution is -0.133. The lowest BCUT2D eigenvalue weighted by Crippen LogP contribution is -2.39. The molecule has 3 aromatic heterocycles. The van der Waals surface area contributed by atoms with E-state index in [2.05, 4.69) is 22.1 Å². The van der Waals surface area contributed by atoms with Gasteiger partial charge < -0.3 is 4.90 Å². The van der Waals surface area contributed by atoms with Crippen molar-refractivity contribution in [3.8, 4) is 11.3 Å². The molecule has 1 amide bonds. The van der Waals surface area contributed by atoms with Crippen molar-refractivity contribution >= 4 is 16.9 Å². The molecular weight excluding hydrogens is 378 g/mol. The molecule has 154 valence electrons. The fourth-order valence-corrected chi connectivity index (χ4v) is 3.86. The zero-order chi connectivity index (χ0) is 20.7. The van der Waals surface area contributed by atoms with Gasteiger partial charge in [0.2, 0.25) is 5.91 Å². The summed E-state index contributed by atoms with van der Waals surface area (Å²) in [5, 5.41) is 8.78. The van der Waals surface area contributed by atoms with E-state index in [1.165, 1.54) is 10.7 Å². The smallest absolute Gasteiger partial charge is 0.264 e. The number of amides is 1. The topological polar surface area (TPSA) is 68.8 Å². The number of likely N-dealkylation sites (tertiary alicyclic amines) is 1. The average Bonchev–Trinajstić information content (AvgIpc) is 3.25. The summed E-state index contributed by atoms with van der Waals surface area (Å²) in [5.74, 6) is 0.553. The summed E-state index contributed by atoms with van der Waals surface area (Å²) in [6.07, 6.45) is 2.58. The molecule has 4 rings (SSSR count). The quantitative estimate of drug-likeness (QED) is 0.671. The predicted octanol–water partition coefficient (Wildman–Crippen LogP) is 3.34. The van der Waals surface area contributed by atoms with Gasteiger partial charge in [-0.2, -0.15) is 10.2 Å². The minimum atomic E-state index is -2.67. The molecule has 0 N–H and O–H groups in total. The number of aryl methyl sites for hydroxylation is 2. The molecule has 1 fully saturated rings. The third-order valence-electron chi connectivity index (χ3n) is 5.56. The molecule has 0 radical (unpaired) electrons. The van der Waals surface area contributed by atoms with Gasteiger partial charge >= 0.3 is 0 Å². The number of fused-ring (bicyclic) bond motifs is 1. The molecule has 0 aliphatic carbocycles. The van der Waals surface area contributed by atoms with Crippen LogP contribution < -0.4 is 0 Å². The monoisotopic (exact) mass is 402 g/mol. The molecule has 1 aliphatic heterocycles. The highest BCUT2D eigenvalue weighted by Crippen LogP contribution is 2.33. The first kappa shape index (κ1) is 19.5. The highest BCUT2D eigenvalue weighted by atomic mass is 19.3.